The Bertz CT molecular complexity index is 667. The van der Waals surface area contributed by atoms with Crippen molar-refractivity contribution in [3.8, 4) is 0 Å². The molecule has 0 bridgehead atoms. The normalized spacial score (nSPS) is 17.2. The number of ether oxygens (including phenoxy) is 2. The van der Waals surface area contributed by atoms with Gasteiger partial charge in [0.25, 0.3) is 0 Å². The molecule has 1 rings (SSSR count). The Morgan fingerprint density at radius 3 is 1.29 bits per heavy atom. The Hall–Kier alpha value is -1.12. The van der Waals surface area contributed by atoms with Crippen LogP contribution in [0.2, 0.25) is 0 Å². The maximum atomic E-state index is 6.72. The Morgan fingerprint density at radius 2 is 0.867 bits per heavy atom. The molecule has 0 aromatic heterocycles. The van der Waals surface area contributed by atoms with E-state index in [-0.39, 0.29) is 5.79 Å². The van der Waals surface area contributed by atoms with Gasteiger partial charge in [0, 0.05) is 12.8 Å². The number of hydrogen-bond donors (Lipinski definition) is 0. The van der Waals surface area contributed by atoms with Crippen molar-refractivity contribution in [1.82, 2.24) is 0 Å². The maximum Gasteiger partial charge on any atom is 0.168 e. The van der Waals surface area contributed by atoms with E-state index in [2.05, 4.69) is 69.4 Å². The van der Waals surface area contributed by atoms with Crippen molar-refractivity contribution in [2.75, 3.05) is 6.61 Å². The van der Waals surface area contributed by atoms with Crippen LogP contribution in [0.15, 0.2) is 48.6 Å². The zero-order valence-electron chi connectivity index (χ0n) is 30.7. The van der Waals surface area contributed by atoms with Gasteiger partial charge in [0.15, 0.2) is 5.79 Å². The van der Waals surface area contributed by atoms with Crippen LogP contribution in [0.4, 0.5) is 0 Å². The van der Waals surface area contributed by atoms with E-state index >= 15 is 0 Å². The van der Waals surface area contributed by atoms with Gasteiger partial charge in [-0.25, -0.2) is 0 Å². The minimum atomic E-state index is -0.303. The van der Waals surface area contributed by atoms with Gasteiger partial charge in [-0.3, -0.25) is 0 Å². The third kappa shape index (κ3) is 26.6. The molecule has 1 heterocycles. The average molecular weight is 627 g/mol. The SMILES string of the molecule is CCCCC/C=C\C/C=C\CCCCCCCCC1(CCCCCCCC/C=C\C/C=C\CCCCC)OCCC(CCC)O1. The second-order valence-corrected chi connectivity index (χ2v) is 13.7. The molecule has 45 heavy (non-hydrogen) atoms. The molecular formula is C43H78O2. The van der Waals surface area contributed by atoms with E-state index < -0.39 is 0 Å². The highest BCUT2D eigenvalue weighted by atomic mass is 16.7. The topological polar surface area (TPSA) is 18.5 Å². The van der Waals surface area contributed by atoms with Crippen molar-refractivity contribution in [3.63, 3.8) is 0 Å². The lowest BCUT2D eigenvalue weighted by molar-refractivity contribution is -0.301. The molecule has 0 radical (unpaired) electrons. The molecule has 2 nitrogen and oxygen atoms in total. The summed E-state index contributed by atoms with van der Waals surface area (Å²) in [5, 5.41) is 0. The molecule has 1 saturated heterocycles. The van der Waals surface area contributed by atoms with Crippen molar-refractivity contribution in [2.45, 2.75) is 219 Å². The third-order valence-electron chi connectivity index (χ3n) is 9.31. The van der Waals surface area contributed by atoms with Crippen LogP contribution in [0.25, 0.3) is 0 Å². The fraction of sp³-hybridized carbons (Fsp3) is 0.814. The molecule has 1 aliphatic rings. The Balaban J connectivity index is 2.14. The van der Waals surface area contributed by atoms with E-state index in [0.717, 1.165) is 38.7 Å². The summed E-state index contributed by atoms with van der Waals surface area (Å²) in [5.74, 6) is -0.303. The van der Waals surface area contributed by atoms with Crippen LogP contribution >= 0.6 is 0 Å². The first-order valence-corrected chi connectivity index (χ1v) is 20.2. The lowest BCUT2D eigenvalue weighted by Crippen LogP contribution is -2.44. The molecule has 0 aromatic rings. The van der Waals surface area contributed by atoms with Crippen molar-refractivity contribution in [2.24, 2.45) is 0 Å². The molecule has 0 aromatic carbocycles. The maximum absolute atomic E-state index is 6.72. The van der Waals surface area contributed by atoms with Gasteiger partial charge in [-0.05, 0) is 89.9 Å². The van der Waals surface area contributed by atoms with Gasteiger partial charge in [-0.2, -0.15) is 0 Å². The van der Waals surface area contributed by atoms with Crippen molar-refractivity contribution in [1.29, 1.82) is 0 Å². The standard InChI is InChI=1S/C43H78O2/c1-4-7-9-11-13-15-17-19-21-23-25-27-29-31-33-35-39-43(44-41-38-42(45-43)37-6-3)40-36-34-32-30-28-26-24-22-20-18-16-14-12-10-8-5-2/h13-16,19-22,42H,4-12,17-18,23-41H2,1-3H3/b15-13-,16-14-,21-19-,22-20-. The molecule has 1 aliphatic heterocycles. The highest BCUT2D eigenvalue weighted by Gasteiger charge is 2.37. The summed E-state index contributed by atoms with van der Waals surface area (Å²) in [7, 11) is 0. The van der Waals surface area contributed by atoms with E-state index in [1.54, 1.807) is 0 Å². The van der Waals surface area contributed by atoms with Crippen LogP contribution in [-0.2, 0) is 9.47 Å². The Morgan fingerprint density at radius 1 is 0.467 bits per heavy atom. The quantitative estimate of drug-likeness (QED) is 0.0546. The minimum absolute atomic E-state index is 0.303. The third-order valence-corrected chi connectivity index (χ3v) is 9.31. The predicted molar refractivity (Wildman–Crippen MR) is 201 cm³/mol. The predicted octanol–water partition coefficient (Wildman–Crippen LogP) is 14.7. The summed E-state index contributed by atoms with van der Waals surface area (Å²) < 4.78 is 13.2. The van der Waals surface area contributed by atoms with E-state index in [1.165, 1.54) is 154 Å². The number of unbranched alkanes of at least 4 members (excludes halogenated alkanes) is 18. The molecule has 0 amide bonds. The van der Waals surface area contributed by atoms with Crippen molar-refractivity contribution < 1.29 is 9.47 Å². The largest absolute Gasteiger partial charge is 0.350 e. The number of hydrogen-bond acceptors (Lipinski definition) is 2. The van der Waals surface area contributed by atoms with Gasteiger partial charge in [0.1, 0.15) is 0 Å². The molecule has 1 fully saturated rings. The fourth-order valence-electron chi connectivity index (χ4n) is 6.45. The van der Waals surface area contributed by atoms with Gasteiger partial charge in [-0.1, -0.05) is 153 Å². The number of allylic oxidation sites excluding steroid dienone is 8. The summed E-state index contributed by atoms with van der Waals surface area (Å²) >= 11 is 0. The first-order valence-electron chi connectivity index (χ1n) is 20.2. The second kappa shape index (κ2) is 32.8. The van der Waals surface area contributed by atoms with Crippen LogP contribution in [0.3, 0.4) is 0 Å². The highest BCUT2D eigenvalue weighted by Crippen LogP contribution is 2.35. The van der Waals surface area contributed by atoms with Gasteiger partial charge >= 0.3 is 0 Å². The van der Waals surface area contributed by atoms with Crippen molar-refractivity contribution >= 4 is 0 Å². The summed E-state index contributed by atoms with van der Waals surface area (Å²) in [6.45, 7) is 7.71. The summed E-state index contributed by atoms with van der Waals surface area (Å²) in [5.41, 5.74) is 0. The number of rotatable bonds is 32. The highest BCUT2D eigenvalue weighted by molar-refractivity contribution is 4.93. The Kier molecular flexibility index (Phi) is 30.5. The second-order valence-electron chi connectivity index (χ2n) is 13.7. The smallest absolute Gasteiger partial charge is 0.168 e. The molecule has 262 valence electrons. The molecule has 0 spiro atoms. The first-order chi connectivity index (χ1) is 22.3. The summed E-state index contributed by atoms with van der Waals surface area (Å²) in [4.78, 5) is 0. The zero-order valence-corrected chi connectivity index (χ0v) is 30.7. The zero-order chi connectivity index (χ0) is 32.4. The van der Waals surface area contributed by atoms with Gasteiger partial charge in [0.05, 0.1) is 12.7 Å². The van der Waals surface area contributed by atoms with Crippen molar-refractivity contribution in [3.05, 3.63) is 48.6 Å². The van der Waals surface area contributed by atoms with Crippen LogP contribution in [0.5, 0.6) is 0 Å². The van der Waals surface area contributed by atoms with Crippen LogP contribution in [0.1, 0.15) is 207 Å². The lowest BCUT2D eigenvalue weighted by Gasteiger charge is -2.41. The van der Waals surface area contributed by atoms with E-state index in [1.807, 2.05) is 0 Å². The van der Waals surface area contributed by atoms with Crippen LogP contribution < -0.4 is 0 Å². The molecule has 1 unspecified atom stereocenters. The first kappa shape index (κ1) is 41.9. The molecule has 0 saturated carbocycles. The van der Waals surface area contributed by atoms with Gasteiger partial charge < -0.3 is 9.47 Å². The lowest BCUT2D eigenvalue weighted by atomic mass is 9.96. The van der Waals surface area contributed by atoms with Gasteiger partial charge in [-0.15, -0.1) is 0 Å². The van der Waals surface area contributed by atoms with Gasteiger partial charge in [0.2, 0.25) is 0 Å². The van der Waals surface area contributed by atoms with E-state index in [0.29, 0.717) is 6.10 Å². The molecular weight excluding hydrogens is 548 g/mol. The summed E-state index contributed by atoms with van der Waals surface area (Å²) in [6, 6.07) is 0. The van der Waals surface area contributed by atoms with E-state index in [4.69, 9.17) is 9.47 Å². The molecule has 0 N–H and O–H groups in total. The molecule has 0 aliphatic carbocycles. The van der Waals surface area contributed by atoms with Crippen LogP contribution in [0, 0.1) is 0 Å². The monoisotopic (exact) mass is 627 g/mol. The Labute approximate surface area is 283 Å². The molecule has 2 heteroatoms. The fourth-order valence-corrected chi connectivity index (χ4v) is 6.45. The summed E-state index contributed by atoms with van der Waals surface area (Å²) in [6.07, 6.45) is 56.0. The molecule has 1 atom stereocenters. The average Bonchev–Trinajstić information content (AvgIpc) is 3.05. The van der Waals surface area contributed by atoms with E-state index in [9.17, 15) is 0 Å². The minimum Gasteiger partial charge on any atom is -0.350 e. The van der Waals surface area contributed by atoms with Crippen LogP contribution in [-0.4, -0.2) is 18.5 Å².